The monoisotopic (exact) mass is 284 g/mol. The first-order valence-corrected chi connectivity index (χ1v) is 6.72. The third-order valence-corrected chi connectivity index (χ3v) is 3.39. The SMILES string of the molecule is CC(C)c1nc2cc(C(=O)O)ccc2n1-c1cnn(C)c1. The van der Waals surface area contributed by atoms with E-state index in [0.29, 0.717) is 5.52 Å². The number of aromatic nitrogens is 4. The highest BCUT2D eigenvalue weighted by Crippen LogP contribution is 2.26. The molecule has 21 heavy (non-hydrogen) atoms. The summed E-state index contributed by atoms with van der Waals surface area (Å²) in [4.78, 5) is 15.7. The lowest BCUT2D eigenvalue weighted by atomic mass is 10.2. The number of rotatable bonds is 3. The molecule has 0 spiro atoms. The summed E-state index contributed by atoms with van der Waals surface area (Å²) in [5.74, 6) is 0.158. The van der Waals surface area contributed by atoms with Gasteiger partial charge in [0, 0.05) is 19.2 Å². The van der Waals surface area contributed by atoms with E-state index in [4.69, 9.17) is 5.11 Å². The van der Waals surface area contributed by atoms with Crippen molar-refractivity contribution in [3.63, 3.8) is 0 Å². The number of fused-ring (bicyclic) bond motifs is 1. The standard InChI is InChI=1S/C15H16N4O2/c1-9(2)14-17-12-6-10(15(20)21)4-5-13(12)19(14)11-7-16-18(3)8-11/h4-9H,1-3H3,(H,20,21). The first kappa shape index (κ1) is 13.4. The molecule has 3 aromatic rings. The van der Waals surface area contributed by atoms with Crippen LogP contribution in [0.15, 0.2) is 30.6 Å². The van der Waals surface area contributed by atoms with Gasteiger partial charge >= 0.3 is 5.97 Å². The predicted molar refractivity (Wildman–Crippen MR) is 78.9 cm³/mol. The molecule has 0 fully saturated rings. The number of aryl methyl sites for hydroxylation is 1. The molecule has 1 aromatic carbocycles. The van der Waals surface area contributed by atoms with Gasteiger partial charge in [-0.1, -0.05) is 13.8 Å². The highest BCUT2D eigenvalue weighted by molar-refractivity contribution is 5.92. The summed E-state index contributed by atoms with van der Waals surface area (Å²) in [5.41, 5.74) is 2.74. The Morgan fingerprint density at radius 3 is 2.67 bits per heavy atom. The van der Waals surface area contributed by atoms with E-state index in [1.807, 2.05) is 17.8 Å². The van der Waals surface area contributed by atoms with Gasteiger partial charge in [-0.2, -0.15) is 5.10 Å². The van der Waals surface area contributed by atoms with Crippen LogP contribution in [0.3, 0.4) is 0 Å². The summed E-state index contributed by atoms with van der Waals surface area (Å²) in [7, 11) is 1.86. The van der Waals surface area contributed by atoms with Gasteiger partial charge in [0.2, 0.25) is 0 Å². The molecule has 0 unspecified atom stereocenters. The maximum absolute atomic E-state index is 11.1. The van der Waals surface area contributed by atoms with E-state index in [2.05, 4.69) is 23.9 Å². The number of hydrogen-bond donors (Lipinski definition) is 1. The molecule has 0 bridgehead atoms. The van der Waals surface area contributed by atoms with Crippen LogP contribution in [-0.2, 0) is 7.05 Å². The van der Waals surface area contributed by atoms with E-state index in [1.165, 1.54) is 0 Å². The van der Waals surface area contributed by atoms with Gasteiger partial charge in [0.25, 0.3) is 0 Å². The average Bonchev–Trinajstić information content (AvgIpc) is 3.00. The number of hydrogen-bond acceptors (Lipinski definition) is 3. The van der Waals surface area contributed by atoms with E-state index >= 15 is 0 Å². The van der Waals surface area contributed by atoms with Crippen molar-refractivity contribution in [1.29, 1.82) is 0 Å². The van der Waals surface area contributed by atoms with Gasteiger partial charge < -0.3 is 5.11 Å². The molecule has 0 aliphatic rings. The second-order valence-corrected chi connectivity index (χ2v) is 5.34. The Morgan fingerprint density at radius 2 is 2.10 bits per heavy atom. The van der Waals surface area contributed by atoms with Crippen molar-refractivity contribution < 1.29 is 9.90 Å². The number of nitrogens with zero attached hydrogens (tertiary/aromatic N) is 4. The summed E-state index contributed by atoms with van der Waals surface area (Å²) in [5, 5.41) is 13.3. The highest BCUT2D eigenvalue weighted by Gasteiger charge is 2.17. The highest BCUT2D eigenvalue weighted by atomic mass is 16.4. The molecule has 0 saturated carbocycles. The first-order valence-electron chi connectivity index (χ1n) is 6.72. The average molecular weight is 284 g/mol. The summed E-state index contributed by atoms with van der Waals surface area (Å²) in [6.07, 6.45) is 3.69. The molecule has 6 nitrogen and oxygen atoms in total. The van der Waals surface area contributed by atoms with Crippen LogP contribution in [0.2, 0.25) is 0 Å². The van der Waals surface area contributed by atoms with E-state index in [-0.39, 0.29) is 11.5 Å². The lowest BCUT2D eigenvalue weighted by Crippen LogP contribution is -2.02. The number of benzene rings is 1. The Labute approximate surface area is 121 Å². The minimum atomic E-state index is -0.945. The Kier molecular flexibility index (Phi) is 3.01. The minimum absolute atomic E-state index is 0.214. The molecular formula is C15H16N4O2. The maximum atomic E-state index is 11.1. The zero-order chi connectivity index (χ0) is 15.1. The third-order valence-electron chi connectivity index (χ3n) is 3.39. The maximum Gasteiger partial charge on any atom is 0.335 e. The Balaban J connectivity index is 2.30. The molecule has 0 amide bonds. The summed E-state index contributed by atoms with van der Waals surface area (Å²) >= 11 is 0. The fraction of sp³-hybridized carbons (Fsp3) is 0.267. The molecule has 0 saturated heterocycles. The molecule has 0 radical (unpaired) electrons. The van der Waals surface area contributed by atoms with Crippen molar-refractivity contribution in [1.82, 2.24) is 19.3 Å². The van der Waals surface area contributed by atoms with Crippen LogP contribution >= 0.6 is 0 Å². The zero-order valence-corrected chi connectivity index (χ0v) is 12.1. The Hall–Kier alpha value is -2.63. The van der Waals surface area contributed by atoms with Crippen molar-refractivity contribution in [3.05, 3.63) is 42.0 Å². The Bertz CT molecular complexity index is 829. The van der Waals surface area contributed by atoms with Crippen LogP contribution in [0.4, 0.5) is 0 Å². The second kappa shape index (κ2) is 4.73. The third kappa shape index (κ3) is 2.18. The molecule has 2 aromatic heterocycles. The molecule has 2 heterocycles. The van der Waals surface area contributed by atoms with E-state index in [9.17, 15) is 4.79 Å². The van der Waals surface area contributed by atoms with Crippen molar-refractivity contribution in [2.24, 2.45) is 7.05 Å². The molecular weight excluding hydrogens is 268 g/mol. The normalized spacial score (nSPS) is 11.4. The predicted octanol–water partition coefficient (Wildman–Crippen LogP) is 2.58. The second-order valence-electron chi connectivity index (χ2n) is 5.34. The van der Waals surface area contributed by atoms with Crippen molar-refractivity contribution >= 4 is 17.0 Å². The van der Waals surface area contributed by atoms with Crippen LogP contribution in [0.1, 0.15) is 35.9 Å². The zero-order valence-electron chi connectivity index (χ0n) is 12.1. The van der Waals surface area contributed by atoms with E-state index < -0.39 is 5.97 Å². The molecule has 0 aliphatic heterocycles. The first-order chi connectivity index (χ1) is 9.97. The number of aromatic carboxylic acids is 1. The van der Waals surface area contributed by atoms with Crippen LogP contribution in [0.25, 0.3) is 16.7 Å². The van der Waals surface area contributed by atoms with Crippen LogP contribution in [-0.4, -0.2) is 30.4 Å². The van der Waals surface area contributed by atoms with Gasteiger partial charge in [-0.15, -0.1) is 0 Å². The van der Waals surface area contributed by atoms with Gasteiger partial charge in [0.15, 0.2) is 0 Å². The van der Waals surface area contributed by atoms with Crippen molar-refractivity contribution in [2.75, 3.05) is 0 Å². The fourth-order valence-corrected chi connectivity index (χ4v) is 2.41. The van der Waals surface area contributed by atoms with Crippen molar-refractivity contribution in [2.45, 2.75) is 19.8 Å². The minimum Gasteiger partial charge on any atom is -0.478 e. The molecule has 108 valence electrons. The molecule has 3 rings (SSSR count). The fourth-order valence-electron chi connectivity index (χ4n) is 2.41. The topological polar surface area (TPSA) is 72.9 Å². The van der Waals surface area contributed by atoms with Gasteiger partial charge in [-0.3, -0.25) is 9.25 Å². The smallest absolute Gasteiger partial charge is 0.335 e. The van der Waals surface area contributed by atoms with E-state index in [1.54, 1.807) is 29.1 Å². The molecule has 0 atom stereocenters. The van der Waals surface area contributed by atoms with Crippen molar-refractivity contribution in [3.8, 4) is 5.69 Å². The molecule has 0 aliphatic carbocycles. The number of carboxylic acids is 1. The van der Waals surface area contributed by atoms with Gasteiger partial charge in [0.1, 0.15) is 5.82 Å². The summed E-state index contributed by atoms with van der Waals surface area (Å²) in [6, 6.07) is 5.00. The van der Waals surface area contributed by atoms with Crippen LogP contribution < -0.4 is 0 Å². The van der Waals surface area contributed by atoms with Crippen LogP contribution in [0, 0.1) is 0 Å². The summed E-state index contributed by atoms with van der Waals surface area (Å²) in [6.45, 7) is 4.12. The Morgan fingerprint density at radius 1 is 1.33 bits per heavy atom. The lowest BCUT2D eigenvalue weighted by Gasteiger charge is -2.08. The molecule has 1 N–H and O–H groups in total. The number of carboxylic acid groups (broad SMARTS) is 1. The molecule has 6 heteroatoms. The van der Waals surface area contributed by atoms with Gasteiger partial charge in [0.05, 0.1) is 28.5 Å². The lowest BCUT2D eigenvalue weighted by molar-refractivity contribution is 0.0697. The van der Waals surface area contributed by atoms with Crippen LogP contribution in [0.5, 0.6) is 0 Å². The van der Waals surface area contributed by atoms with Gasteiger partial charge in [-0.05, 0) is 18.2 Å². The van der Waals surface area contributed by atoms with Gasteiger partial charge in [-0.25, -0.2) is 9.78 Å². The number of imidazole rings is 1. The number of carbonyl (C=O) groups is 1. The van der Waals surface area contributed by atoms with E-state index in [0.717, 1.165) is 17.0 Å². The largest absolute Gasteiger partial charge is 0.478 e. The summed E-state index contributed by atoms with van der Waals surface area (Å²) < 4.78 is 3.76. The quantitative estimate of drug-likeness (QED) is 0.802.